The highest BCUT2D eigenvalue weighted by atomic mass is 16.2. The van der Waals surface area contributed by atoms with E-state index in [2.05, 4.69) is 22.9 Å². The lowest BCUT2D eigenvalue weighted by molar-refractivity contribution is -0.132. The third-order valence-corrected chi connectivity index (χ3v) is 3.60. The van der Waals surface area contributed by atoms with E-state index in [0.29, 0.717) is 13.0 Å². The van der Waals surface area contributed by atoms with Crippen molar-refractivity contribution in [3.05, 3.63) is 0 Å². The Labute approximate surface area is 109 Å². The van der Waals surface area contributed by atoms with Crippen LogP contribution in [0.5, 0.6) is 0 Å². The van der Waals surface area contributed by atoms with Gasteiger partial charge in [0, 0.05) is 26.6 Å². The highest BCUT2D eigenvalue weighted by Crippen LogP contribution is 2.31. The zero-order valence-electron chi connectivity index (χ0n) is 11.5. The van der Waals surface area contributed by atoms with Crippen molar-refractivity contribution in [1.29, 1.82) is 0 Å². The van der Waals surface area contributed by atoms with Crippen LogP contribution in [-0.2, 0) is 9.59 Å². The number of nitrogens with one attached hydrogen (secondary N) is 3. The molecular weight excluding hydrogens is 230 g/mol. The normalized spacial score (nSPS) is 23.4. The lowest BCUT2D eigenvalue weighted by Gasteiger charge is -2.36. The Hall–Kier alpha value is -1.10. The minimum atomic E-state index is -0.268. The fourth-order valence-corrected chi connectivity index (χ4v) is 2.57. The number of amides is 2. The zero-order valence-corrected chi connectivity index (χ0v) is 11.5. The second-order valence-corrected chi connectivity index (χ2v) is 4.99. The van der Waals surface area contributed by atoms with Crippen LogP contribution in [0.4, 0.5) is 0 Å². The van der Waals surface area contributed by atoms with Crippen molar-refractivity contribution in [3.63, 3.8) is 0 Å². The Morgan fingerprint density at radius 3 is 2.72 bits per heavy atom. The van der Waals surface area contributed by atoms with Gasteiger partial charge in [-0.2, -0.15) is 0 Å². The summed E-state index contributed by atoms with van der Waals surface area (Å²) in [4.78, 5) is 23.4. The molecule has 3 N–H and O–H groups in total. The standard InChI is InChI=1S/C13H25N3O2/c1-3-6-13(7-4-8-15-10-13)12(18)16-9-5-11(17)14-2/h15H,3-10H2,1-2H3,(H,14,17)(H,16,18). The number of carbonyl (C=O) groups is 2. The summed E-state index contributed by atoms with van der Waals surface area (Å²) >= 11 is 0. The summed E-state index contributed by atoms with van der Waals surface area (Å²) in [6.45, 7) is 4.28. The summed E-state index contributed by atoms with van der Waals surface area (Å²) in [6.07, 6.45) is 4.25. The van der Waals surface area contributed by atoms with Crippen molar-refractivity contribution in [1.82, 2.24) is 16.0 Å². The predicted molar refractivity (Wildman–Crippen MR) is 71.1 cm³/mol. The molecule has 1 atom stereocenters. The molecule has 2 amide bonds. The third kappa shape index (κ3) is 3.98. The second kappa shape index (κ2) is 7.36. The van der Waals surface area contributed by atoms with Crippen LogP contribution in [0.15, 0.2) is 0 Å². The molecule has 104 valence electrons. The van der Waals surface area contributed by atoms with E-state index in [-0.39, 0.29) is 17.2 Å². The Kier molecular flexibility index (Phi) is 6.12. The van der Waals surface area contributed by atoms with E-state index in [1.165, 1.54) is 0 Å². The van der Waals surface area contributed by atoms with Gasteiger partial charge in [-0.05, 0) is 25.8 Å². The number of rotatable bonds is 6. The third-order valence-electron chi connectivity index (χ3n) is 3.60. The first-order valence-electron chi connectivity index (χ1n) is 6.84. The molecule has 1 heterocycles. The molecule has 1 unspecified atom stereocenters. The average Bonchev–Trinajstić information content (AvgIpc) is 2.39. The van der Waals surface area contributed by atoms with Gasteiger partial charge in [0.15, 0.2) is 0 Å². The molecule has 0 aromatic carbocycles. The van der Waals surface area contributed by atoms with Gasteiger partial charge in [0.2, 0.25) is 11.8 Å². The number of hydrogen-bond donors (Lipinski definition) is 3. The van der Waals surface area contributed by atoms with Gasteiger partial charge in [0.05, 0.1) is 5.41 Å². The maximum Gasteiger partial charge on any atom is 0.227 e. The van der Waals surface area contributed by atoms with Crippen LogP contribution in [-0.4, -0.2) is 38.5 Å². The average molecular weight is 255 g/mol. The Morgan fingerprint density at radius 1 is 1.39 bits per heavy atom. The highest BCUT2D eigenvalue weighted by molar-refractivity contribution is 5.83. The number of piperidine rings is 1. The van der Waals surface area contributed by atoms with E-state index >= 15 is 0 Å². The molecule has 5 heteroatoms. The van der Waals surface area contributed by atoms with Crippen LogP contribution in [0.2, 0.25) is 0 Å². The van der Waals surface area contributed by atoms with Crippen molar-refractivity contribution < 1.29 is 9.59 Å². The summed E-state index contributed by atoms with van der Waals surface area (Å²) in [6, 6.07) is 0. The van der Waals surface area contributed by atoms with E-state index in [9.17, 15) is 9.59 Å². The first-order valence-corrected chi connectivity index (χ1v) is 6.84. The Morgan fingerprint density at radius 2 is 2.17 bits per heavy atom. The van der Waals surface area contributed by atoms with Gasteiger partial charge in [-0.1, -0.05) is 13.3 Å². The number of carbonyl (C=O) groups excluding carboxylic acids is 2. The van der Waals surface area contributed by atoms with Crippen LogP contribution >= 0.6 is 0 Å². The van der Waals surface area contributed by atoms with Gasteiger partial charge in [-0.3, -0.25) is 9.59 Å². The summed E-state index contributed by atoms with van der Waals surface area (Å²) in [5.74, 6) is 0.0575. The lowest BCUT2D eigenvalue weighted by Crippen LogP contribution is -2.50. The molecule has 1 rings (SSSR count). The van der Waals surface area contributed by atoms with Gasteiger partial charge < -0.3 is 16.0 Å². The minimum absolute atomic E-state index is 0.0402. The summed E-state index contributed by atoms with van der Waals surface area (Å²) in [5, 5.41) is 8.77. The Balaban J connectivity index is 2.46. The monoisotopic (exact) mass is 255 g/mol. The minimum Gasteiger partial charge on any atom is -0.359 e. The molecule has 1 aliphatic rings. The molecule has 0 radical (unpaired) electrons. The van der Waals surface area contributed by atoms with Crippen LogP contribution in [0.1, 0.15) is 39.0 Å². The molecule has 0 spiro atoms. The quantitative estimate of drug-likeness (QED) is 0.644. The van der Waals surface area contributed by atoms with Gasteiger partial charge in [0.1, 0.15) is 0 Å². The fraction of sp³-hybridized carbons (Fsp3) is 0.846. The molecule has 0 saturated carbocycles. The molecule has 1 aliphatic heterocycles. The van der Waals surface area contributed by atoms with Gasteiger partial charge in [-0.15, -0.1) is 0 Å². The molecule has 0 bridgehead atoms. The van der Waals surface area contributed by atoms with E-state index < -0.39 is 0 Å². The van der Waals surface area contributed by atoms with E-state index in [1.54, 1.807) is 7.05 Å². The predicted octanol–water partition coefficient (Wildman–Crippen LogP) is 0.409. The molecule has 5 nitrogen and oxygen atoms in total. The zero-order chi connectivity index (χ0) is 13.4. The van der Waals surface area contributed by atoms with Crippen LogP contribution in [0.25, 0.3) is 0 Å². The Bertz CT molecular complexity index is 280. The molecule has 18 heavy (non-hydrogen) atoms. The summed E-state index contributed by atoms with van der Waals surface area (Å²) < 4.78 is 0. The molecule has 0 aromatic heterocycles. The van der Waals surface area contributed by atoms with Crippen LogP contribution in [0.3, 0.4) is 0 Å². The number of hydrogen-bond acceptors (Lipinski definition) is 3. The van der Waals surface area contributed by atoms with E-state index in [0.717, 1.165) is 38.8 Å². The summed E-state index contributed by atoms with van der Waals surface area (Å²) in [5.41, 5.74) is -0.268. The van der Waals surface area contributed by atoms with E-state index in [1.807, 2.05) is 0 Å². The van der Waals surface area contributed by atoms with Crippen molar-refractivity contribution in [2.24, 2.45) is 5.41 Å². The molecular formula is C13H25N3O2. The van der Waals surface area contributed by atoms with Crippen molar-refractivity contribution >= 4 is 11.8 Å². The maximum atomic E-state index is 12.3. The van der Waals surface area contributed by atoms with Gasteiger partial charge >= 0.3 is 0 Å². The van der Waals surface area contributed by atoms with Gasteiger partial charge in [-0.25, -0.2) is 0 Å². The maximum absolute atomic E-state index is 12.3. The van der Waals surface area contributed by atoms with Crippen molar-refractivity contribution in [2.45, 2.75) is 39.0 Å². The highest BCUT2D eigenvalue weighted by Gasteiger charge is 2.38. The smallest absolute Gasteiger partial charge is 0.227 e. The van der Waals surface area contributed by atoms with Gasteiger partial charge in [0.25, 0.3) is 0 Å². The van der Waals surface area contributed by atoms with Crippen molar-refractivity contribution in [2.75, 3.05) is 26.7 Å². The van der Waals surface area contributed by atoms with Crippen LogP contribution in [0, 0.1) is 5.41 Å². The van der Waals surface area contributed by atoms with Crippen LogP contribution < -0.4 is 16.0 Å². The molecule has 1 fully saturated rings. The first kappa shape index (κ1) is 15.0. The lowest BCUT2D eigenvalue weighted by atomic mass is 9.76. The summed E-state index contributed by atoms with van der Waals surface area (Å²) in [7, 11) is 1.60. The fourth-order valence-electron chi connectivity index (χ4n) is 2.57. The molecule has 1 saturated heterocycles. The first-order chi connectivity index (χ1) is 8.64. The molecule has 0 aliphatic carbocycles. The second-order valence-electron chi connectivity index (χ2n) is 4.99. The largest absolute Gasteiger partial charge is 0.359 e. The SMILES string of the molecule is CCCC1(C(=O)NCCC(=O)NC)CCCNC1. The molecule has 0 aromatic rings. The topological polar surface area (TPSA) is 70.2 Å². The van der Waals surface area contributed by atoms with Crippen molar-refractivity contribution in [3.8, 4) is 0 Å². The van der Waals surface area contributed by atoms with E-state index in [4.69, 9.17) is 0 Å².